The zero-order chi connectivity index (χ0) is 11.8. The van der Waals surface area contributed by atoms with E-state index >= 15 is 0 Å². The van der Waals surface area contributed by atoms with Crippen LogP contribution < -0.4 is 0 Å². The highest BCUT2D eigenvalue weighted by molar-refractivity contribution is 5.82. The number of rotatable bonds is 7. The highest BCUT2D eigenvalue weighted by Crippen LogP contribution is 2.05. The van der Waals surface area contributed by atoms with Crippen LogP contribution in [-0.4, -0.2) is 58.4 Å². The van der Waals surface area contributed by atoms with E-state index in [-0.39, 0.29) is 38.6 Å². The normalized spacial score (nSPS) is 12.2. The molecule has 6 nitrogen and oxygen atoms in total. The fourth-order valence-corrected chi connectivity index (χ4v) is 1.08. The number of carbonyl (C=O) groups excluding carboxylic acids is 1. The zero-order valence-electron chi connectivity index (χ0n) is 8.72. The summed E-state index contributed by atoms with van der Waals surface area (Å²) in [4.78, 5) is 23.2. The molecule has 0 aliphatic heterocycles. The first-order valence-corrected chi connectivity index (χ1v) is 4.75. The molecule has 1 unspecified atom stereocenters. The molecule has 0 rings (SSSR count). The molecule has 0 saturated heterocycles. The Bertz CT molecular complexity index is 213. The van der Waals surface area contributed by atoms with Crippen molar-refractivity contribution in [2.45, 2.75) is 13.3 Å². The molecule has 0 radical (unpaired) electrons. The number of carbonyl (C=O) groups is 2. The SMILES string of the molecule is CC(CC(=O)N(CCO)CCO)C(=O)O. The molecule has 0 spiro atoms. The molecule has 1 amide bonds. The molecule has 0 aromatic heterocycles. The molecule has 6 heteroatoms. The molecular weight excluding hydrogens is 202 g/mol. The van der Waals surface area contributed by atoms with Crippen LogP contribution >= 0.6 is 0 Å². The number of carboxylic acid groups (broad SMARTS) is 1. The molecule has 0 saturated carbocycles. The lowest BCUT2D eigenvalue weighted by Gasteiger charge is -2.21. The van der Waals surface area contributed by atoms with Crippen molar-refractivity contribution >= 4 is 11.9 Å². The van der Waals surface area contributed by atoms with Crippen molar-refractivity contribution in [3.8, 4) is 0 Å². The summed E-state index contributed by atoms with van der Waals surface area (Å²) in [6.07, 6.45) is -0.116. The van der Waals surface area contributed by atoms with E-state index in [2.05, 4.69) is 0 Å². The lowest BCUT2D eigenvalue weighted by Crippen LogP contribution is -2.37. The van der Waals surface area contributed by atoms with E-state index in [1.807, 2.05) is 0 Å². The summed E-state index contributed by atoms with van der Waals surface area (Å²) in [7, 11) is 0. The number of aliphatic hydroxyl groups is 2. The van der Waals surface area contributed by atoms with Gasteiger partial charge in [-0.15, -0.1) is 0 Å². The molecule has 0 bridgehead atoms. The molecule has 0 aliphatic carbocycles. The van der Waals surface area contributed by atoms with E-state index < -0.39 is 11.9 Å². The Morgan fingerprint density at radius 2 is 1.67 bits per heavy atom. The lowest BCUT2D eigenvalue weighted by molar-refractivity contribution is -0.145. The highest BCUT2D eigenvalue weighted by atomic mass is 16.4. The van der Waals surface area contributed by atoms with Gasteiger partial charge in [-0.3, -0.25) is 9.59 Å². The van der Waals surface area contributed by atoms with Crippen molar-refractivity contribution in [3.63, 3.8) is 0 Å². The van der Waals surface area contributed by atoms with Gasteiger partial charge in [0.15, 0.2) is 0 Å². The summed E-state index contributed by atoms with van der Waals surface area (Å²) >= 11 is 0. The number of amides is 1. The summed E-state index contributed by atoms with van der Waals surface area (Å²) in [6, 6.07) is 0. The topological polar surface area (TPSA) is 98.1 Å². The molecule has 1 atom stereocenters. The second-order valence-corrected chi connectivity index (χ2v) is 3.27. The van der Waals surface area contributed by atoms with Crippen LogP contribution in [0.4, 0.5) is 0 Å². The number of aliphatic carboxylic acids is 1. The predicted molar refractivity (Wildman–Crippen MR) is 52.2 cm³/mol. The van der Waals surface area contributed by atoms with Gasteiger partial charge < -0.3 is 20.2 Å². The predicted octanol–water partition coefficient (Wildman–Crippen LogP) is -1.09. The number of hydrogen-bond acceptors (Lipinski definition) is 4. The third-order valence-electron chi connectivity index (χ3n) is 1.99. The van der Waals surface area contributed by atoms with Gasteiger partial charge in [0.1, 0.15) is 0 Å². The van der Waals surface area contributed by atoms with Gasteiger partial charge in [0.2, 0.25) is 5.91 Å². The van der Waals surface area contributed by atoms with Crippen molar-refractivity contribution in [2.24, 2.45) is 5.92 Å². The van der Waals surface area contributed by atoms with Crippen molar-refractivity contribution in [1.82, 2.24) is 4.90 Å². The molecule has 0 aromatic rings. The first-order valence-electron chi connectivity index (χ1n) is 4.75. The molecule has 15 heavy (non-hydrogen) atoms. The van der Waals surface area contributed by atoms with E-state index in [4.69, 9.17) is 15.3 Å². The first kappa shape index (κ1) is 13.9. The van der Waals surface area contributed by atoms with Crippen LogP contribution in [-0.2, 0) is 9.59 Å². The van der Waals surface area contributed by atoms with Gasteiger partial charge in [0, 0.05) is 19.5 Å². The molecule has 3 N–H and O–H groups in total. The van der Waals surface area contributed by atoms with Gasteiger partial charge in [0.25, 0.3) is 0 Å². The van der Waals surface area contributed by atoms with Crippen molar-refractivity contribution in [2.75, 3.05) is 26.3 Å². The average molecular weight is 219 g/mol. The van der Waals surface area contributed by atoms with Crippen LogP contribution in [0.3, 0.4) is 0 Å². The van der Waals surface area contributed by atoms with Gasteiger partial charge in [-0.05, 0) is 0 Å². The van der Waals surface area contributed by atoms with E-state index in [9.17, 15) is 9.59 Å². The van der Waals surface area contributed by atoms with Crippen LogP contribution in [0.15, 0.2) is 0 Å². The number of carboxylic acids is 1. The third-order valence-corrected chi connectivity index (χ3v) is 1.99. The van der Waals surface area contributed by atoms with Gasteiger partial charge in [-0.2, -0.15) is 0 Å². The van der Waals surface area contributed by atoms with Crippen LogP contribution in [0.1, 0.15) is 13.3 Å². The fraction of sp³-hybridized carbons (Fsp3) is 0.778. The Morgan fingerprint density at radius 3 is 2.00 bits per heavy atom. The van der Waals surface area contributed by atoms with Crippen molar-refractivity contribution in [1.29, 1.82) is 0 Å². The maximum Gasteiger partial charge on any atom is 0.306 e. The quantitative estimate of drug-likeness (QED) is 0.505. The minimum absolute atomic E-state index is 0.116. The van der Waals surface area contributed by atoms with Crippen LogP contribution in [0.25, 0.3) is 0 Å². The molecule has 88 valence electrons. The van der Waals surface area contributed by atoms with Crippen LogP contribution in [0.5, 0.6) is 0 Å². The van der Waals surface area contributed by atoms with Gasteiger partial charge >= 0.3 is 5.97 Å². The summed E-state index contributed by atoms with van der Waals surface area (Å²) in [5, 5.41) is 25.9. The Balaban J connectivity index is 4.18. The number of aliphatic hydroxyl groups excluding tert-OH is 2. The first-order chi connectivity index (χ1) is 7.02. The van der Waals surface area contributed by atoms with Crippen molar-refractivity contribution in [3.05, 3.63) is 0 Å². The summed E-state index contributed by atoms with van der Waals surface area (Å²) in [5.41, 5.74) is 0. The Labute approximate surface area is 88.1 Å². The Kier molecular flexibility index (Phi) is 6.64. The maximum absolute atomic E-state index is 11.5. The minimum atomic E-state index is -1.03. The monoisotopic (exact) mass is 219 g/mol. The maximum atomic E-state index is 11.5. The third kappa shape index (κ3) is 5.34. The molecule has 0 fully saturated rings. The van der Waals surface area contributed by atoms with E-state index in [0.29, 0.717) is 0 Å². The van der Waals surface area contributed by atoms with E-state index in [1.165, 1.54) is 11.8 Å². The van der Waals surface area contributed by atoms with Crippen LogP contribution in [0, 0.1) is 5.92 Å². The fourth-order valence-electron chi connectivity index (χ4n) is 1.08. The summed E-state index contributed by atoms with van der Waals surface area (Å²) in [6.45, 7) is 1.27. The lowest BCUT2D eigenvalue weighted by atomic mass is 10.1. The second kappa shape index (κ2) is 7.19. The highest BCUT2D eigenvalue weighted by Gasteiger charge is 2.19. The van der Waals surface area contributed by atoms with Gasteiger partial charge in [-0.1, -0.05) is 6.92 Å². The average Bonchev–Trinajstić information content (AvgIpc) is 2.17. The summed E-state index contributed by atoms with van der Waals surface area (Å²) < 4.78 is 0. The molecule has 0 heterocycles. The Hall–Kier alpha value is -1.14. The zero-order valence-corrected chi connectivity index (χ0v) is 8.72. The van der Waals surface area contributed by atoms with E-state index in [0.717, 1.165) is 0 Å². The molecule has 0 aliphatic rings. The second-order valence-electron chi connectivity index (χ2n) is 3.27. The van der Waals surface area contributed by atoms with Crippen molar-refractivity contribution < 1.29 is 24.9 Å². The number of hydrogen-bond donors (Lipinski definition) is 3. The molecular formula is C9H17NO5. The summed E-state index contributed by atoms with van der Waals surface area (Å²) in [5.74, 6) is -2.15. The Morgan fingerprint density at radius 1 is 1.20 bits per heavy atom. The smallest absolute Gasteiger partial charge is 0.306 e. The minimum Gasteiger partial charge on any atom is -0.481 e. The number of nitrogens with zero attached hydrogens (tertiary/aromatic N) is 1. The van der Waals surface area contributed by atoms with Gasteiger partial charge in [0.05, 0.1) is 19.1 Å². The van der Waals surface area contributed by atoms with Gasteiger partial charge in [-0.25, -0.2) is 0 Å². The standard InChI is InChI=1S/C9H17NO5/c1-7(9(14)15)6-8(13)10(2-4-11)3-5-12/h7,11-12H,2-6H2,1H3,(H,14,15). The van der Waals surface area contributed by atoms with E-state index in [1.54, 1.807) is 0 Å². The largest absolute Gasteiger partial charge is 0.481 e. The molecule has 0 aromatic carbocycles. The van der Waals surface area contributed by atoms with Crippen LogP contribution in [0.2, 0.25) is 0 Å².